The van der Waals surface area contributed by atoms with Crippen LogP contribution in [-0.2, 0) is 16.0 Å². The summed E-state index contributed by atoms with van der Waals surface area (Å²) in [7, 11) is 0. The molecule has 2 unspecified atom stereocenters. The van der Waals surface area contributed by atoms with Gasteiger partial charge in [-0.3, -0.25) is 14.5 Å². The van der Waals surface area contributed by atoms with E-state index >= 15 is 0 Å². The summed E-state index contributed by atoms with van der Waals surface area (Å²) in [6, 6.07) is 15.8. The zero-order chi connectivity index (χ0) is 19.0. The summed E-state index contributed by atoms with van der Waals surface area (Å²) in [5, 5.41) is 0. The van der Waals surface area contributed by atoms with E-state index < -0.39 is 0 Å². The van der Waals surface area contributed by atoms with E-state index in [2.05, 4.69) is 32.0 Å². The first kappa shape index (κ1) is 17.8. The zero-order valence-electron chi connectivity index (χ0n) is 16.0. The number of anilines is 1. The predicted octanol–water partition coefficient (Wildman–Crippen LogP) is 4.03. The van der Waals surface area contributed by atoms with Crippen molar-refractivity contribution in [3.63, 3.8) is 0 Å². The molecule has 2 aliphatic rings. The molecule has 4 nitrogen and oxygen atoms in total. The van der Waals surface area contributed by atoms with Gasteiger partial charge in [-0.1, -0.05) is 48.9 Å². The van der Waals surface area contributed by atoms with E-state index in [1.54, 1.807) is 4.90 Å². The first-order valence-electron chi connectivity index (χ1n) is 9.87. The highest BCUT2D eigenvalue weighted by Gasteiger charge is 2.41. The van der Waals surface area contributed by atoms with E-state index in [-0.39, 0.29) is 23.9 Å². The van der Waals surface area contributed by atoms with Crippen molar-refractivity contribution in [1.29, 1.82) is 0 Å². The van der Waals surface area contributed by atoms with Crippen LogP contribution in [0.3, 0.4) is 0 Å². The highest BCUT2D eigenvalue weighted by Crippen LogP contribution is 2.35. The number of nitrogens with zero attached hydrogens (tertiary/aromatic N) is 2. The molecule has 140 valence electrons. The summed E-state index contributed by atoms with van der Waals surface area (Å²) >= 11 is 0. The highest BCUT2D eigenvalue weighted by molar-refractivity contribution is 6.03. The van der Waals surface area contributed by atoms with Crippen molar-refractivity contribution in [3.05, 3.63) is 65.2 Å². The molecule has 2 amide bonds. The molecule has 4 rings (SSSR count). The summed E-state index contributed by atoms with van der Waals surface area (Å²) in [6.07, 6.45) is 2.80. The van der Waals surface area contributed by atoms with Gasteiger partial charge in [-0.2, -0.15) is 0 Å². The molecule has 4 heteroatoms. The lowest BCUT2D eigenvalue weighted by Crippen LogP contribution is -2.50. The number of aryl methyl sites for hydroxylation is 1. The maximum atomic E-state index is 13.5. The van der Waals surface area contributed by atoms with Gasteiger partial charge < -0.3 is 4.90 Å². The second-order valence-corrected chi connectivity index (χ2v) is 7.56. The van der Waals surface area contributed by atoms with Gasteiger partial charge in [-0.05, 0) is 49.4 Å². The number of carbonyl (C=O) groups excluding carboxylic acids is 2. The molecular formula is C23H26N2O2. The van der Waals surface area contributed by atoms with Gasteiger partial charge in [0.25, 0.3) is 0 Å². The Kier molecular flexibility index (Phi) is 4.73. The van der Waals surface area contributed by atoms with Crippen LogP contribution in [0, 0.1) is 6.92 Å². The molecule has 0 N–H and O–H groups in total. The monoisotopic (exact) mass is 362 g/mol. The summed E-state index contributed by atoms with van der Waals surface area (Å²) in [4.78, 5) is 29.7. The lowest BCUT2D eigenvalue weighted by atomic mass is 9.89. The molecule has 0 radical (unpaired) electrons. The van der Waals surface area contributed by atoms with Crippen molar-refractivity contribution in [2.45, 2.75) is 51.6 Å². The van der Waals surface area contributed by atoms with Crippen molar-refractivity contribution in [1.82, 2.24) is 4.90 Å². The molecule has 0 spiro atoms. The van der Waals surface area contributed by atoms with Crippen molar-refractivity contribution in [2.24, 2.45) is 0 Å². The average molecular weight is 362 g/mol. The van der Waals surface area contributed by atoms with Gasteiger partial charge in [0, 0.05) is 18.7 Å². The SMILES string of the molecule is CCC1c2ccc(C)cc2CCN1C(=O)C1CCC(=O)N1c1ccccc1. The van der Waals surface area contributed by atoms with Crippen LogP contribution in [0.5, 0.6) is 0 Å². The van der Waals surface area contributed by atoms with E-state index in [1.165, 1.54) is 16.7 Å². The number of rotatable bonds is 3. The Balaban J connectivity index is 1.64. The first-order chi connectivity index (χ1) is 13.1. The summed E-state index contributed by atoms with van der Waals surface area (Å²) in [6.45, 7) is 4.97. The average Bonchev–Trinajstić information content (AvgIpc) is 3.08. The molecule has 2 heterocycles. The Morgan fingerprint density at radius 1 is 1.11 bits per heavy atom. The third kappa shape index (κ3) is 3.14. The fourth-order valence-corrected chi connectivity index (χ4v) is 4.57. The smallest absolute Gasteiger partial charge is 0.246 e. The number of amides is 2. The summed E-state index contributed by atoms with van der Waals surface area (Å²) in [5.74, 6) is 0.128. The number of hydrogen-bond donors (Lipinski definition) is 0. The molecule has 1 saturated heterocycles. The quantitative estimate of drug-likeness (QED) is 0.827. The van der Waals surface area contributed by atoms with Crippen LogP contribution in [0.2, 0.25) is 0 Å². The first-order valence-corrected chi connectivity index (χ1v) is 9.87. The van der Waals surface area contributed by atoms with Gasteiger partial charge in [-0.25, -0.2) is 0 Å². The minimum absolute atomic E-state index is 0.0423. The maximum Gasteiger partial charge on any atom is 0.246 e. The lowest BCUT2D eigenvalue weighted by molar-refractivity contribution is -0.136. The van der Waals surface area contributed by atoms with E-state index in [1.807, 2.05) is 35.2 Å². The molecule has 27 heavy (non-hydrogen) atoms. The normalized spacial score (nSPS) is 22.1. The van der Waals surface area contributed by atoms with E-state index in [0.717, 1.165) is 25.1 Å². The van der Waals surface area contributed by atoms with Gasteiger partial charge in [0.15, 0.2) is 0 Å². The standard InChI is InChI=1S/C23H26N2O2/c1-3-20-19-10-9-16(2)15-17(19)13-14-24(20)23(27)21-11-12-22(26)25(21)18-7-5-4-6-8-18/h4-10,15,20-21H,3,11-14H2,1-2H3. The summed E-state index contributed by atoms with van der Waals surface area (Å²) in [5.41, 5.74) is 4.70. The Morgan fingerprint density at radius 2 is 1.89 bits per heavy atom. The molecule has 1 fully saturated rings. The van der Waals surface area contributed by atoms with Crippen LogP contribution in [0.15, 0.2) is 48.5 Å². The topological polar surface area (TPSA) is 40.6 Å². The third-order valence-corrected chi connectivity index (χ3v) is 5.86. The second-order valence-electron chi connectivity index (χ2n) is 7.56. The van der Waals surface area contributed by atoms with Crippen LogP contribution >= 0.6 is 0 Å². The van der Waals surface area contributed by atoms with Crippen molar-refractivity contribution >= 4 is 17.5 Å². The second kappa shape index (κ2) is 7.18. The fourth-order valence-electron chi connectivity index (χ4n) is 4.57. The van der Waals surface area contributed by atoms with Gasteiger partial charge in [0.1, 0.15) is 6.04 Å². The van der Waals surface area contributed by atoms with Crippen LogP contribution in [-0.4, -0.2) is 29.3 Å². The highest BCUT2D eigenvalue weighted by atomic mass is 16.2. The largest absolute Gasteiger partial charge is 0.334 e. The molecule has 0 aromatic heterocycles. The molecule has 2 aromatic carbocycles. The Hall–Kier alpha value is -2.62. The molecule has 0 bridgehead atoms. The van der Waals surface area contributed by atoms with Gasteiger partial charge in [0.05, 0.1) is 6.04 Å². The number of benzene rings is 2. The minimum atomic E-state index is -0.388. The molecular weight excluding hydrogens is 336 g/mol. The Morgan fingerprint density at radius 3 is 2.63 bits per heavy atom. The number of hydrogen-bond acceptors (Lipinski definition) is 2. The van der Waals surface area contributed by atoms with Crippen LogP contribution in [0.1, 0.15) is 48.9 Å². The maximum absolute atomic E-state index is 13.5. The fraction of sp³-hybridized carbons (Fsp3) is 0.391. The Bertz CT molecular complexity index is 862. The molecule has 2 aromatic rings. The minimum Gasteiger partial charge on any atom is -0.334 e. The van der Waals surface area contributed by atoms with Crippen molar-refractivity contribution < 1.29 is 9.59 Å². The summed E-state index contributed by atoms with van der Waals surface area (Å²) < 4.78 is 0. The molecule has 0 aliphatic carbocycles. The van der Waals surface area contributed by atoms with Gasteiger partial charge >= 0.3 is 0 Å². The molecule has 0 saturated carbocycles. The Labute approximate surface area is 160 Å². The lowest BCUT2D eigenvalue weighted by Gasteiger charge is -2.40. The number of fused-ring (bicyclic) bond motifs is 1. The number of carbonyl (C=O) groups is 2. The van der Waals surface area contributed by atoms with E-state index in [0.29, 0.717) is 12.8 Å². The third-order valence-electron chi connectivity index (χ3n) is 5.86. The van der Waals surface area contributed by atoms with Crippen molar-refractivity contribution in [3.8, 4) is 0 Å². The van der Waals surface area contributed by atoms with E-state index in [4.69, 9.17) is 0 Å². The predicted molar refractivity (Wildman–Crippen MR) is 107 cm³/mol. The van der Waals surface area contributed by atoms with Crippen LogP contribution in [0.25, 0.3) is 0 Å². The van der Waals surface area contributed by atoms with Crippen LogP contribution in [0.4, 0.5) is 5.69 Å². The zero-order valence-corrected chi connectivity index (χ0v) is 16.0. The number of para-hydroxylation sites is 1. The van der Waals surface area contributed by atoms with Crippen molar-refractivity contribution in [2.75, 3.05) is 11.4 Å². The molecule has 2 atom stereocenters. The van der Waals surface area contributed by atoms with Gasteiger partial charge in [0.2, 0.25) is 11.8 Å². The molecule has 2 aliphatic heterocycles. The van der Waals surface area contributed by atoms with Crippen LogP contribution < -0.4 is 4.90 Å². The van der Waals surface area contributed by atoms with E-state index in [9.17, 15) is 9.59 Å². The van der Waals surface area contributed by atoms with Gasteiger partial charge in [-0.15, -0.1) is 0 Å².